The molecule has 0 saturated heterocycles. The van der Waals surface area contributed by atoms with Crippen LogP contribution in [0.25, 0.3) is 0 Å². The molecule has 1 aromatic carbocycles. The van der Waals surface area contributed by atoms with Crippen molar-refractivity contribution in [3.05, 3.63) is 52.2 Å². The Hall–Kier alpha value is -3.20. The van der Waals surface area contributed by atoms with Gasteiger partial charge in [-0.05, 0) is 30.0 Å². The van der Waals surface area contributed by atoms with Crippen LogP contribution in [-0.4, -0.2) is 44.0 Å². The van der Waals surface area contributed by atoms with E-state index < -0.39 is 24.4 Å². The van der Waals surface area contributed by atoms with Crippen LogP contribution in [0.3, 0.4) is 0 Å². The number of hydrogen-bond acceptors (Lipinski definition) is 7. The number of rotatable bonds is 9. The van der Waals surface area contributed by atoms with Crippen molar-refractivity contribution in [2.24, 2.45) is 0 Å². The number of carbonyl (C=O) groups is 4. The number of thiophene rings is 1. The molecule has 0 spiro atoms. The Labute approximate surface area is 165 Å². The third-order valence-corrected chi connectivity index (χ3v) is 4.28. The van der Waals surface area contributed by atoms with Crippen LogP contribution in [0.5, 0.6) is 5.75 Å². The number of imide groups is 1. The van der Waals surface area contributed by atoms with Gasteiger partial charge in [-0.3, -0.25) is 24.5 Å². The monoisotopic (exact) mass is 404 g/mol. The summed E-state index contributed by atoms with van der Waals surface area (Å²) in [6, 6.07) is 8.15. The maximum absolute atomic E-state index is 12.1. The highest BCUT2D eigenvalue weighted by Gasteiger charge is 2.16. The molecule has 0 fully saturated rings. The van der Waals surface area contributed by atoms with Crippen LogP contribution in [0.2, 0.25) is 0 Å². The van der Waals surface area contributed by atoms with Crippen molar-refractivity contribution in [3.63, 3.8) is 0 Å². The highest BCUT2D eigenvalue weighted by Crippen LogP contribution is 2.16. The molecular weight excluding hydrogens is 384 g/mol. The molecule has 0 radical (unpaired) electrons. The van der Waals surface area contributed by atoms with E-state index in [-0.39, 0.29) is 17.9 Å². The highest BCUT2D eigenvalue weighted by atomic mass is 32.1. The van der Waals surface area contributed by atoms with Gasteiger partial charge in [0.05, 0.1) is 12.7 Å². The minimum Gasteiger partial charge on any atom is -0.496 e. The summed E-state index contributed by atoms with van der Waals surface area (Å²) >= 11 is 1.42. The molecule has 2 rings (SSSR count). The van der Waals surface area contributed by atoms with Gasteiger partial charge in [-0.2, -0.15) is 11.3 Å². The first-order valence-electron chi connectivity index (χ1n) is 8.44. The summed E-state index contributed by atoms with van der Waals surface area (Å²) < 4.78 is 9.89. The quantitative estimate of drug-likeness (QED) is 0.487. The molecule has 2 N–H and O–H groups in total. The fraction of sp³-hybridized carbons (Fsp3) is 0.263. The van der Waals surface area contributed by atoms with Crippen LogP contribution in [0.15, 0.2) is 41.1 Å². The number of ether oxygens (including phenoxy) is 2. The van der Waals surface area contributed by atoms with Crippen LogP contribution in [0.1, 0.15) is 33.6 Å². The van der Waals surface area contributed by atoms with Gasteiger partial charge in [0.25, 0.3) is 17.7 Å². The Balaban J connectivity index is 1.64. The average Bonchev–Trinajstić information content (AvgIpc) is 3.24. The molecule has 0 saturated carbocycles. The number of methoxy groups -OCH3 is 1. The standard InChI is InChI=1S/C19H20N2O6S/c1-26-15-6-3-2-5-14(15)19(25)21-16(22)11-27-17(23)7-4-9-20-18(24)13-8-10-28-12-13/h2-3,5-6,8,10,12H,4,7,9,11H2,1H3,(H,20,24)(H,21,22,25). The van der Waals surface area contributed by atoms with E-state index in [0.717, 1.165) is 0 Å². The van der Waals surface area contributed by atoms with Crippen LogP contribution in [0, 0.1) is 0 Å². The van der Waals surface area contributed by atoms with Crippen LogP contribution < -0.4 is 15.4 Å². The van der Waals surface area contributed by atoms with Gasteiger partial charge >= 0.3 is 5.97 Å². The zero-order valence-corrected chi connectivity index (χ0v) is 16.0. The van der Waals surface area contributed by atoms with Gasteiger partial charge < -0.3 is 14.8 Å². The Morgan fingerprint density at radius 3 is 2.57 bits per heavy atom. The van der Waals surface area contributed by atoms with Crippen LogP contribution >= 0.6 is 11.3 Å². The molecule has 28 heavy (non-hydrogen) atoms. The number of amides is 3. The number of benzene rings is 1. The van der Waals surface area contributed by atoms with Crippen molar-refractivity contribution in [3.8, 4) is 5.75 Å². The fourth-order valence-electron chi connectivity index (χ4n) is 2.21. The zero-order chi connectivity index (χ0) is 20.4. The van der Waals surface area contributed by atoms with Crippen LogP contribution in [-0.2, 0) is 14.3 Å². The second-order valence-electron chi connectivity index (χ2n) is 5.61. The molecule has 0 aliphatic carbocycles. The van der Waals surface area contributed by atoms with E-state index in [2.05, 4.69) is 10.6 Å². The predicted molar refractivity (Wildman–Crippen MR) is 102 cm³/mol. The summed E-state index contributed by atoms with van der Waals surface area (Å²) in [6.07, 6.45) is 0.411. The molecule has 0 aliphatic heterocycles. The molecule has 0 bridgehead atoms. The second kappa shape index (κ2) is 10.8. The van der Waals surface area contributed by atoms with E-state index in [9.17, 15) is 19.2 Å². The van der Waals surface area contributed by atoms with Crippen molar-refractivity contribution in [1.82, 2.24) is 10.6 Å². The van der Waals surface area contributed by atoms with Gasteiger partial charge in [-0.15, -0.1) is 0 Å². The van der Waals surface area contributed by atoms with E-state index in [1.54, 1.807) is 35.0 Å². The van der Waals surface area contributed by atoms with Gasteiger partial charge in [0.2, 0.25) is 0 Å². The van der Waals surface area contributed by atoms with Crippen molar-refractivity contribution < 1.29 is 28.7 Å². The van der Waals surface area contributed by atoms with Gasteiger partial charge in [-0.1, -0.05) is 12.1 Å². The lowest BCUT2D eigenvalue weighted by molar-refractivity contribution is -0.148. The largest absolute Gasteiger partial charge is 0.496 e. The lowest BCUT2D eigenvalue weighted by Crippen LogP contribution is -2.34. The molecule has 0 unspecified atom stereocenters. The minimum absolute atomic E-state index is 0.0393. The highest BCUT2D eigenvalue weighted by molar-refractivity contribution is 7.08. The average molecular weight is 404 g/mol. The molecule has 3 amide bonds. The first-order chi connectivity index (χ1) is 13.5. The first kappa shape index (κ1) is 21.1. The molecule has 0 atom stereocenters. The third kappa shape index (κ3) is 6.51. The first-order valence-corrected chi connectivity index (χ1v) is 9.38. The molecule has 9 heteroatoms. The number of esters is 1. The van der Waals surface area contributed by atoms with Gasteiger partial charge in [0.1, 0.15) is 5.75 Å². The molecule has 148 valence electrons. The molecule has 1 aromatic heterocycles. The zero-order valence-electron chi connectivity index (χ0n) is 15.2. The Kier molecular flexibility index (Phi) is 8.16. The van der Waals surface area contributed by atoms with Crippen molar-refractivity contribution >= 4 is 35.0 Å². The van der Waals surface area contributed by atoms with E-state index >= 15 is 0 Å². The fourth-order valence-corrected chi connectivity index (χ4v) is 2.85. The maximum Gasteiger partial charge on any atom is 0.306 e. The molecule has 2 aromatic rings. The summed E-state index contributed by atoms with van der Waals surface area (Å²) in [5.74, 6) is -1.85. The summed E-state index contributed by atoms with van der Waals surface area (Å²) in [6.45, 7) is -0.261. The molecule has 1 heterocycles. The van der Waals surface area contributed by atoms with E-state index in [1.807, 2.05) is 0 Å². The predicted octanol–water partition coefficient (Wildman–Crippen LogP) is 1.77. The normalized spacial score (nSPS) is 10.0. The Bertz CT molecular complexity index is 835. The number of para-hydroxylation sites is 1. The lowest BCUT2D eigenvalue weighted by Gasteiger charge is -2.09. The van der Waals surface area contributed by atoms with E-state index in [1.165, 1.54) is 24.5 Å². The van der Waals surface area contributed by atoms with Gasteiger partial charge in [-0.25, -0.2) is 0 Å². The maximum atomic E-state index is 12.1. The van der Waals surface area contributed by atoms with Crippen molar-refractivity contribution in [2.75, 3.05) is 20.3 Å². The molecular formula is C19H20N2O6S. The van der Waals surface area contributed by atoms with E-state index in [4.69, 9.17) is 9.47 Å². The molecule has 0 aliphatic rings. The van der Waals surface area contributed by atoms with E-state index in [0.29, 0.717) is 24.3 Å². The number of carbonyl (C=O) groups excluding carboxylic acids is 4. The Morgan fingerprint density at radius 2 is 1.86 bits per heavy atom. The van der Waals surface area contributed by atoms with Gasteiger partial charge in [0, 0.05) is 23.9 Å². The second-order valence-corrected chi connectivity index (χ2v) is 6.39. The number of hydrogen-bond donors (Lipinski definition) is 2. The van der Waals surface area contributed by atoms with Crippen molar-refractivity contribution in [1.29, 1.82) is 0 Å². The lowest BCUT2D eigenvalue weighted by atomic mass is 10.2. The smallest absolute Gasteiger partial charge is 0.306 e. The SMILES string of the molecule is COc1ccccc1C(=O)NC(=O)COC(=O)CCCNC(=O)c1ccsc1. The third-order valence-electron chi connectivity index (χ3n) is 3.60. The Morgan fingerprint density at radius 1 is 1.07 bits per heavy atom. The summed E-state index contributed by atoms with van der Waals surface area (Å²) in [7, 11) is 1.42. The summed E-state index contributed by atoms with van der Waals surface area (Å²) in [5.41, 5.74) is 0.773. The summed E-state index contributed by atoms with van der Waals surface area (Å²) in [5, 5.41) is 8.35. The van der Waals surface area contributed by atoms with Crippen molar-refractivity contribution in [2.45, 2.75) is 12.8 Å². The summed E-state index contributed by atoms with van der Waals surface area (Å²) in [4.78, 5) is 47.2. The topological polar surface area (TPSA) is 111 Å². The minimum atomic E-state index is -0.741. The molecule has 8 nitrogen and oxygen atoms in total. The van der Waals surface area contributed by atoms with Gasteiger partial charge in [0.15, 0.2) is 6.61 Å². The van der Waals surface area contributed by atoms with Crippen LogP contribution in [0.4, 0.5) is 0 Å². The number of nitrogens with one attached hydrogen (secondary N) is 2.